The molecule has 0 N–H and O–H groups in total. The summed E-state index contributed by atoms with van der Waals surface area (Å²) in [5, 5.41) is -13.9. The quantitative estimate of drug-likeness (QED) is 0.0227. The lowest BCUT2D eigenvalue weighted by atomic mass is 9.12. The molecular formula is C50H31BCl8F12O4S. The Morgan fingerprint density at radius 2 is 0.618 bits per heavy atom. The van der Waals surface area contributed by atoms with Crippen molar-refractivity contribution < 1.29 is 71.6 Å². The van der Waals surface area contributed by atoms with Crippen molar-refractivity contribution in [3.05, 3.63) is 189 Å². The van der Waals surface area contributed by atoms with E-state index in [1.807, 2.05) is 44.2 Å². The topological polar surface area (TPSA) is 36.9 Å². The van der Waals surface area contributed by atoms with Crippen molar-refractivity contribution in [1.29, 1.82) is 0 Å². The van der Waals surface area contributed by atoms with E-state index < -0.39 is 138 Å². The number of halogens is 20. The minimum atomic E-state index is -5.62. The Morgan fingerprint density at radius 3 is 0.908 bits per heavy atom. The molecule has 404 valence electrons. The first-order chi connectivity index (χ1) is 36.0. The summed E-state index contributed by atoms with van der Waals surface area (Å²) in [6, 6.07) is 27.0. The molecule has 7 rings (SSSR count). The van der Waals surface area contributed by atoms with E-state index in [4.69, 9.17) is 112 Å². The van der Waals surface area contributed by atoms with E-state index in [0.29, 0.717) is 39.6 Å². The first-order valence-electron chi connectivity index (χ1n) is 21.7. The van der Waals surface area contributed by atoms with Gasteiger partial charge in [0.25, 0.3) is 0 Å². The molecule has 0 aromatic heterocycles. The van der Waals surface area contributed by atoms with Crippen LogP contribution < -0.4 is 31.3 Å². The summed E-state index contributed by atoms with van der Waals surface area (Å²) in [6.07, 6.45) is -5.62. The molecule has 0 aliphatic heterocycles. The van der Waals surface area contributed by atoms with Crippen molar-refractivity contribution in [2.45, 2.75) is 28.5 Å². The summed E-state index contributed by atoms with van der Waals surface area (Å²) in [6.45, 7) is 7.53. The van der Waals surface area contributed by atoms with Crippen molar-refractivity contribution in [3.63, 3.8) is 0 Å². The van der Waals surface area contributed by atoms with E-state index in [9.17, 15) is 17.6 Å². The van der Waals surface area contributed by atoms with Crippen molar-refractivity contribution in [3.8, 4) is 11.5 Å². The Kier molecular flexibility index (Phi) is 21.1. The van der Waals surface area contributed by atoms with Gasteiger partial charge in [-0.05, 0) is 50.2 Å². The number of para-hydroxylation sites is 2. The van der Waals surface area contributed by atoms with Crippen molar-refractivity contribution in [1.82, 2.24) is 0 Å². The van der Waals surface area contributed by atoms with Gasteiger partial charge in [-0.1, -0.05) is 135 Å². The second-order valence-corrected chi connectivity index (χ2v) is 20.4. The van der Waals surface area contributed by atoms with E-state index in [0.717, 1.165) is 21.3 Å². The van der Waals surface area contributed by atoms with Crippen LogP contribution in [0.5, 0.6) is 11.5 Å². The molecule has 0 aliphatic carbocycles. The lowest BCUT2D eigenvalue weighted by Crippen LogP contribution is -2.79. The minimum Gasteiger partial charge on any atom is -0.486 e. The van der Waals surface area contributed by atoms with E-state index in [2.05, 4.69) is 48.5 Å². The van der Waals surface area contributed by atoms with E-state index >= 15 is 35.1 Å². The van der Waals surface area contributed by atoms with Gasteiger partial charge in [-0.2, -0.15) is 0 Å². The number of hydrogen-bond acceptors (Lipinski definition) is 4. The van der Waals surface area contributed by atoms with Crippen LogP contribution in [0, 0.1) is 69.8 Å². The molecule has 7 aromatic rings. The van der Waals surface area contributed by atoms with Gasteiger partial charge < -0.3 is 18.9 Å². The molecule has 0 heterocycles. The van der Waals surface area contributed by atoms with Crippen LogP contribution in [0.15, 0.2) is 93.5 Å². The number of benzene rings is 7. The zero-order valence-electron chi connectivity index (χ0n) is 38.4. The van der Waals surface area contributed by atoms with Crippen LogP contribution in [-0.2, 0) is 20.4 Å². The van der Waals surface area contributed by atoms with Gasteiger partial charge >= 0.3 is 0 Å². The van der Waals surface area contributed by atoms with E-state index in [1.165, 1.54) is 4.90 Å². The molecule has 0 atom stereocenters. The van der Waals surface area contributed by atoms with Gasteiger partial charge in [-0.15, -0.1) is 21.9 Å². The highest BCUT2D eigenvalue weighted by Gasteiger charge is 2.50. The van der Waals surface area contributed by atoms with Gasteiger partial charge in [-0.3, -0.25) is 0 Å². The molecule has 0 fully saturated rings. The van der Waals surface area contributed by atoms with Crippen LogP contribution in [0.2, 0.25) is 40.2 Å². The normalized spacial score (nSPS) is 11.6. The van der Waals surface area contributed by atoms with Gasteiger partial charge in [0.15, 0.2) is 62.9 Å². The van der Waals surface area contributed by atoms with Gasteiger partial charge in [0.2, 0.25) is 9.79 Å². The van der Waals surface area contributed by atoms with Crippen LogP contribution in [0.3, 0.4) is 0 Å². The van der Waals surface area contributed by atoms with E-state index in [-0.39, 0.29) is 10.9 Å². The molecule has 26 heteroatoms. The molecule has 0 unspecified atom stereocenters. The summed E-state index contributed by atoms with van der Waals surface area (Å²) in [5.74, 6) is -29.5. The van der Waals surface area contributed by atoms with Crippen molar-refractivity contribution in [2.24, 2.45) is 0 Å². The second kappa shape index (κ2) is 26.3. The average molecular weight is 1250 g/mol. The van der Waals surface area contributed by atoms with Crippen LogP contribution in [0.25, 0.3) is 0 Å². The Hall–Kier alpha value is -4.05. The maximum atomic E-state index is 16.0. The highest BCUT2D eigenvalue weighted by molar-refractivity contribution is 7.97. The predicted octanol–water partition coefficient (Wildman–Crippen LogP) is 15.6. The Morgan fingerprint density at radius 1 is 0.342 bits per heavy atom. The van der Waals surface area contributed by atoms with Gasteiger partial charge in [0.05, 0.1) is 33.3 Å². The third-order valence-electron chi connectivity index (χ3n) is 11.2. The predicted molar refractivity (Wildman–Crippen MR) is 275 cm³/mol. The highest BCUT2D eigenvalue weighted by Crippen LogP contribution is 2.42. The maximum absolute atomic E-state index is 16.0. The Bertz CT molecular complexity index is 2860. The number of ether oxygens (including phenoxy) is 4. The molecule has 0 amide bonds. The van der Waals surface area contributed by atoms with Gasteiger partial charge in [-0.25, -0.2) is 52.7 Å². The van der Waals surface area contributed by atoms with Crippen molar-refractivity contribution >= 4 is 132 Å². The number of hydrogen-bond donors (Lipinski definition) is 0. The summed E-state index contributed by atoms with van der Waals surface area (Å²) in [4.78, 5) is 3.47. The molecule has 0 radical (unpaired) electrons. The molecule has 0 saturated heterocycles. The zero-order valence-corrected chi connectivity index (χ0v) is 45.3. The summed E-state index contributed by atoms with van der Waals surface area (Å²) in [7, 11) is -0.384. The van der Waals surface area contributed by atoms with Crippen molar-refractivity contribution in [2.75, 3.05) is 39.6 Å². The SMILES string of the molecule is CCOCCOc1ccccc1[S+](c1ccccc1)c1ccccc1OCCOCC.Fc1c(F)c(Cl)c(Cl)c([B-](c2c(F)c(F)c(F)c(Cl)c2Cl)(c2c(F)c(F)c(F)c(Cl)c2Cl)c2c(F)c(F)c(F)c(Cl)c2Cl)c1F. The highest BCUT2D eigenvalue weighted by atomic mass is 35.5. The lowest BCUT2D eigenvalue weighted by molar-refractivity contribution is 0.109. The summed E-state index contributed by atoms with van der Waals surface area (Å²) >= 11 is 46.6. The monoisotopic (exact) mass is 1250 g/mol. The lowest BCUT2D eigenvalue weighted by Gasteiger charge is -2.46. The standard InChI is InChI=1S/C26H31O4S.C24BCl8F12/c1-3-27-18-20-29-23-14-8-10-16-25(23)31(22-12-6-5-7-13-22)26-17-11-9-15-24(26)30-21-19-28-4-2;26-5-1(13(34)21(42)17(38)9(5)30)25(2-6(27)10(31)18(39)22(43)14(2)35,3-7(28)11(32)19(40)23(44)15(3)36)4-8(29)12(33)20(41)24(45)16(4)37/h5-17H,3-4,18-21H2,1-2H3;/q+1;-1. The van der Waals surface area contributed by atoms with Crippen LogP contribution in [-0.4, -0.2) is 45.8 Å². The van der Waals surface area contributed by atoms with Crippen LogP contribution >= 0.6 is 92.8 Å². The molecule has 0 saturated carbocycles. The fourth-order valence-corrected chi connectivity index (χ4v) is 12.3. The number of rotatable bonds is 17. The second-order valence-electron chi connectivity index (χ2n) is 15.4. The minimum absolute atomic E-state index is 0.384. The third kappa shape index (κ3) is 11.5. The molecular weight excluding hydrogens is 1220 g/mol. The molecule has 76 heavy (non-hydrogen) atoms. The fraction of sp³-hybridized carbons (Fsp3) is 0.160. The first-order valence-corrected chi connectivity index (χ1v) is 25.9. The van der Waals surface area contributed by atoms with Crippen LogP contribution in [0.1, 0.15) is 13.8 Å². The fourth-order valence-electron chi connectivity index (χ4n) is 7.99. The molecule has 0 aliphatic rings. The van der Waals surface area contributed by atoms with Crippen LogP contribution in [0.4, 0.5) is 52.7 Å². The molecule has 0 spiro atoms. The molecule has 4 nitrogen and oxygen atoms in total. The maximum Gasteiger partial charge on any atom is 0.208 e. The molecule has 0 bridgehead atoms. The third-order valence-corrected chi connectivity index (χ3v) is 16.9. The Labute approximate surface area is 468 Å². The van der Waals surface area contributed by atoms with E-state index in [1.54, 1.807) is 0 Å². The smallest absolute Gasteiger partial charge is 0.208 e. The average Bonchev–Trinajstić information content (AvgIpc) is 3.45. The zero-order chi connectivity index (χ0) is 56.1. The summed E-state index contributed by atoms with van der Waals surface area (Å²) < 4.78 is 206. The Balaban J connectivity index is 0.000000264. The first kappa shape index (κ1) is 61.2. The largest absolute Gasteiger partial charge is 0.486 e. The van der Waals surface area contributed by atoms with Gasteiger partial charge in [0, 0.05) is 33.3 Å². The summed E-state index contributed by atoms with van der Waals surface area (Å²) in [5.41, 5.74) is -8.47. The molecule has 7 aromatic carbocycles. The van der Waals surface area contributed by atoms with Gasteiger partial charge in [0.1, 0.15) is 53.5 Å².